The number of nitrogen functional groups attached to an aromatic ring is 1. The number of halogens is 1. The molecule has 1 heterocycles. The number of nitrogens with two attached hydrogens (primary N) is 1. The lowest BCUT2D eigenvalue weighted by Gasteiger charge is -2.19. The molecule has 5 heteroatoms. The summed E-state index contributed by atoms with van der Waals surface area (Å²) < 4.78 is 13.3. The van der Waals surface area contributed by atoms with Gasteiger partial charge in [-0.2, -0.15) is 0 Å². The maximum Gasteiger partial charge on any atom is 0.176 e. The second-order valence-electron chi connectivity index (χ2n) is 4.46. The van der Waals surface area contributed by atoms with E-state index in [2.05, 4.69) is 9.97 Å². The van der Waals surface area contributed by atoms with Crippen LogP contribution in [0.2, 0.25) is 0 Å². The van der Waals surface area contributed by atoms with Crippen LogP contribution in [-0.4, -0.2) is 17.0 Å². The highest BCUT2D eigenvalue weighted by molar-refractivity contribution is 5.81. The molecule has 0 saturated carbocycles. The number of benzene rings is 2. The highest BCUT2D eigenvalue weighted by atomic mass is 19.1. The van der Waals surface area contributed by atoms with Gasteiger partial charge in [-0.25, -0.2) is 14.4 Å². The molecular formula is C15H13FN4. The summed E-state index contributed by atoms with van der Waals surface area (Å²) in [5.41, 5.74) is 8.11. The number of para-hydroxylation sites is 2. The Morgan fingerprint density at radius 1 is 1.00 bits per heavy atom. The lowest BCUT2D eigenvalue weighted by atomic mass is 10.2. The smallest absolute Gasteiger partial charge is 0.176 e. The minimum atomic E-state index is -0.304. The Bertz CT molecular complexity index is 773. The van der Waals surface area contributed by atoms with E-state index in [0.29, 0.717) is 17.3 Å². The third-order valence-corrected chi connectivity index (χ3v) is 3.09. The van der Waals surface area contributed by atoms with Crippen LogP contribution in [0.5, 0.6) is 0 Å². The van der Waals surface area contributed by atoms with Crippen LogP contribution in [0, 0.1) is 5.82 Å². The van der Waals surface area contributed by atoms with Crippen LogP contribution < -0.4 is 10.6 Å². The molecule has 1 aromatic heterocycles. The number of aromatic nitrogens is 2. The van der Waals surface area contributed by atoms with E-state index < -0.39 is 0 Å². The number of nitrogens with zero attached hydrogens (tertiary/aromatic N) is 3. The molecule has 4 nitrogen and oxygen atoms in total. The van der Waals surface area contributed by atoms with Crippen molar-refractivity contribution in [2.45, 2.75) is 0 Å². The van der Waals surface area contributed by atoms with Gasteiger partial charge in [0.05, 0.1) is 11.0 Å². The Balaban J connectivity index is 2.11. The molecule has 0 bridgehead atoms. The van der Waals surface area contributed by atoms with Crippen LogP contribution >= 0.6 is 0 Å². The van der Waals surface area contributed by atoms with Gasteiger partial charge in [0.2, 0.25) is 0 Å². The second kappa shape index (κ2) is 4.77. The fourth-order valence-electron chi connectivity index (χ4n) is 2.06. The zero-order valence-corrected chi connectivity index (χ0v) is 10.9. The minimum Gasteiger partial charge on any atom is -0.381 e. The van der Waals surface area contributed by atoms with Gasteiger partial charge in [0.1, 0.15) is 5.82 Å². The van der Waals surface area contributed by atoms with Gasteiger partial charge in [-0.15, -0.1) is 0 Å². The van der Waals surface area contributed by atoms with E-state index in [1.54, 1.807) is 24.1 Å². The maximum atomic E-state index is 13.3. The number of hydrogen-bond acceptors (Lipinski definition) is 4. The van der Waals surface area contributed by atoms with Crippen molar-refractivity contribution in [3.63, 3.8) is 0 Å². The average Bonchev–Trinajstić information content (AvgIpc) is 2.46. The van der Waals surface area contributed by atoms with Gasteiger partial charge in [-0.05, 0) is 30.3 Å². The molecule has 0 aliphatic carbocycles. The SMILES string of the molecule is CN(c1cccc(F)c1)c1nc2ccccc2nc1N. The second-order valence-corrected chi connectivity index (χ2v) is 4.46. The average molecular weight is 268 g/mol. The molecule has 0 unspecified atom stereocenters. The normalized spacial score (nSPS) is 10.7. The molecule has 0 saturated heterocycles. The Hall–Kier alpha value is -2.69. The van der Waals surface area contributed by atoms with Crippen LogP contribution in [0.1, 0.15) is 0 Å². The van der Waals surface area contributed by atoms with Crippen LogP contribution in [-0.2, 0) is 0 Å². The summed E-state index contributed by atoms with van der Waals surface area (Å²) in [6.07, 6.45) is 0. The molecule has 0 atom stereocenters. The molecular weight excluding hydrogens is 255 g/mol. The van der Waals surface area contributed by atoms with Gasteiger partial charge >= 0.3 is 0 Å². The summed E-state index contributed by atoms with van der Waals surface area (Å²) in [6.45, 7) is 0. The highest BCUT2D eigenvalue weighted by Gasteiger charge is 2.12. The lowest BCUT2D eigenvalue weighted by molar-refractivity contribution is 0.628. The van der Waals surface area contributed by atoms with Crippen LogP contribution in [0.4, 0.5) is 21.7 Å². The van der Waals surface area contributed by atoms with Gasteiger partial charge in [0, 0.05) is 12.7 Å². The molecule has 3 aromatic rings. The van der Waals surface area contributed by atoms with Gasteiger partial charge in [0.15, 0.2) is 11.6 Å². The zero-order valence-electron chi connectivity index (χ0n) is 10.9. The number of hydrogen-bond donors (Lipinski definition) is 1. The third-order valence-electron chi connectivity index (χ3n) is 3.09. The quantitative estimate of drug-likeness (QED) is 0.775. The Morgan fingerprint density at radius 2 is 1.70 bits per heavy atom. The van der Waals surface area contributed by atoms with Gasteiger partial charge in [-0.3, -0.25) is 0 Å². The Morgan fingerprint density at radius 3 is 2.40 bits per heavy atom. The summed E-state index contributed by atoms with van der Waals surface area (Å²) in [5.74, 6) is 0.520. The van der Waals surface area contributed by atoms with Gasteiger partial charge < -0.3 is 10.6 Å². The molecule has 0 aliphatic heterocycles. The lowest BCUT2D eigenvalue weighted by Crippen LogP contribution is -2.14. The first-order valence-corrected chi connectivity index (χ1v) is 6.17. The molecule has 3 rings (SSSR count). The maximum absolute atomic E-state index is 13.3. The molecule has 2 N–H and O–H groups in total. The zero-order chi connectivity index (χ0) is 14.1. The minimum absolute atomic E-state index is 0.304. The first kappa shape index (κ1) is 12.3. The van der Waals surface area contributed by atoms with E-state index in [4.69, 9.17) is 5.73 Å². The van der Waals surface area contributed by atoms with E-state index in [0.717, 1.165) is 11.0 Å². The molecule has 0 aliphatic rings. The Kier molecular flexibility index (Phi) is 2.95. The first-order valence-electron chi connectivity index (χ1n) is 6.17. The summed E-state index contributed by atoms with van der Waals surface area (Å²) in [6, 6.07) is 13.7. The predicted octanol–water partition coefficient (Wildman–Crippen LogP) is 3.12. The van der Waals surface area contributed by atoms with E-state index >= 15 is 0 Å². The highest BCUT2D eigenvalue weighted by Crippen LogP contribution is 2.27. The molecule has 0 radical (unpaired) electrons. The summed E-state index contributed by atoms with van der Waals surface area (Å²) >= 11 is 0. The van der Waals surface area contributed by atoms with E-state index in [-0.39, 0.29) is 5.82 Å². The molecule has 100 valence electrons. The standard InChI is InChI=1S/C15H13FN4/c1-20(11-6-4-5-10(16)9-11)15-14(17)18-12-7-2-3-8-13(12)19-15/h2-9H,1H3,(H2,17,18). The van der Waals surface area contributed by atoms with Crippen LogP contribution in [0.15, 0.2) is 48.5 Å². The van der Waals surface area contributed by atoms with Crippen molar-refractivity contribution in [3.05, 3.63) is 54.3 Å². The topological polar surface area (TPSA) is 55.0 Å². The molecule has 0 spiro atoms. The fraction of sp³-hybridized carbons (Fsp3) is 0.0667. The largest absolute Gasteiger partial charge is 0.381 e. The van der Waals surface area contributed by atoms with Crippen molar-refractivity contribution < 1.29 is 4.39 Å². The number of rotatable bonds is 2. The van der Waals surface area contributed by atoms with Crippen molar-refractivity contribution in [2.24, 2.45) is 0 Å². The molecule has 2 aromatic carbocycles. The summed E-state index contributed by atoms with van der Waals surface area (Å²) in [7, 11) is 1.78. The first-order chi connectivity index (χ1) is 9.65. The summed E-state index contributed by atoms with van der Waals surface area (Å²) in [5, 5.41) is 0. The fourth-order valence-corrected chi connectivity index (χ4v) is 2.06. The van der Waals surface area contributed by atoms with Gasteiger partial charge in [-0.1, -0.05) is 18.2 Å². The van der Waals surface area contributed by atoms with Gasteiger partial charge in [0.25, 0.3) is 0 Å². The van der Waals surface area contributed by atoms with Crippen molar-refractivity contribution >= 4 is 28.4 Å². The van der Waals surface area contributed by atoms with E-state index in [1.807, 2.05) is 24.3 Å². The van der Waals surface area contributed by atoms with Crippen molar-refractivity contribution in [2.75, 3.05) is 17.7 Å². The van der Waals surface area contributed by atoms with Crippen LogP contribution in [0.3, 0.4) is 0 Å². The number of anilines is 3. The number of fused-ring (bicyclic) bond motifs is 1. The molecule has 20 heavy (non-hydrogen) atoms. The van der Waals surface area contributed by atoms with Crippen LogP contribution in [0.25, 0.3) is 11.0 Å². The Labute approximate surface area is 115 Å². The van der Waals surface area contributed by atoms with Crippen molar-refractivity contribution in [1.29, 1.82) is 0 Å². The van der Waals surface area contributed by atoms with E-state index in [9.17, 15) is 4.39 Å². The monoisotopic (exact) mass is 268 g/mol. The van der Waals surface area contributed by atoms with E-state index in [1.165, 1.54) is 12.1 Å². The molecule has 0 amide bonds. The van der Waals surface area contributed by atoms with Crippen molar-refractivity contribution in [3.8, 4) is 0 Å². The predicted molar refractivity (Wildman–Crippen MR) is 78.4 cm³/mol. The third kappa shape index (κ3) is 2.14. The van der Waals surface area contributed by atoms with Crippen molar-refractivity contribution in [1.82, 2.24) is 9.97 Å². The summed E-state index contributed by atoms with van der Waals surface area (Å²) in [4.78, 5) is 10.5. The molecule has 0 fully saturated rings.